The standard InChI is InChI=1S/C15H20O/c1-5-6-7-14-8-9-15(10-13(14)4)16-11-12(2)3/h1,8-10,12H,6-7,11H2,2-4H3. The lowest BCUT2D eigenvalue weighted by atomic mass is 10.0. The van der Waals surface area contributed by atoms with Crippen LogP contribution >= 0.6 is 0 Å². The SMILES string of the molecule is C#CCCc1ccc(OCC(C)C)cc1C. The molecule has 1 nitrogen and oxygen atoms in total. The first-order chi connectivity index (χ1) is 7.63. The molecule has 0 aliphatic carbocycles. The summed E-state index contributed by atoms with van der Waals surface area (Å²) in [5.74, 6) is 4.18. The molecule has 0 unspecified atom stereocenters. The highest BCUT2D eigenvalue weighted by Crippen LogP contribution is 2.18. The van der Waals surface area contributed by atoms with Gasteiger partial charge in [0.25, 0.3) is 0 Å². The average Bonchev–Trinajstić information content (AvgIpc) is 2.25. The predicted octanol–water partition coefficient (Wildman–Crippen LogP) is 3.60. The van der Waals surface area contributed by atoms with Gasteiger partial charge in [-0.1, -0.05) is 19.9 Å². The summed E-state index contributed by atoms with van der Waals surface area (Å²) in [6, 6.07) is 6.23. The molecule has 16 heavy (non-hydrogen) atoms. The minimum Gasteiger partial charge on any atom is -0.493 e. The lowest BCUT2D eigenvalue weighted by Crippen LogP contribution is -2.04. The molecule has 0 N–H and O–H groups in total. The number of hydrogen-bond donors (Lipinski definition) is 0. The summed E-state index contributed by atoms with van der Waals surface area (Å²) in [5, 5.41) is 0. The van der Waals surface area contributed by atoms with Crippen LogP contribution in [0.5, 0.6) is 5.75 Å². The van der Waals surface area contributed by atoms with Crippen LogP contribution in [0.3, 0.4) is 0 Å². The van der Waals surface area contributed by atoms with E-state index in [1.165, 1.54) is 11.1 Å². The van der Waals surface area contributed by atoms with Crippen LogP contribution in [-0.4, -0.2) is 6.61 Å². The van der Waals surface area contributed by atoms with E-state index in [1.54, 1.807) is 0 Å². The van der Waals surface area contributed by atoms with E-state index < -0.39 is 0 Å². The maximum atomic E-state index is 5.67. The van der Waals surface area contributed by atoms with Gasteiger partial charge >= 0.3 is 0 Å². The van der Waals surface area contributed by atoms with Crippen molar-refractivity contribution in [2.75, 3.05) is 6.61 Å². The first kappa shape index (κ1) is 12.6. The minimum absolute atomic E-state index is 0.557. The topological polar surface area (TPSA) is 9.23 Å². The van der Waals surface area contributed by atoms with Crippen molar-refractivity contribution in [1.29, 1.82) is 0 Å². The van der Waals surface area contributed by atoms with Crippen LogP contribution in [0.25, 0.3) is 0 Å². The lowest BCUT2D eigenvalue weighted by molar-refractivity contribution is 0.271. The van der Waals surface area contributed by atoms with Crippen LogP contribution in [0, 0.1) is 25.2 Å². The van der Waals surface area contributed by atoms with E-state index >= 15 is 0 Å². The van der Waals surface area contributed by atoms with Crippen molar-refractivity contribution >= 4 is 0 Å². The van der Waals surface area contributed by atoms with Crippen LogP contribution in [0.1, 0.15) is 31.4 Å². The molecule has 1 aromatic rings. The maximum Gasteiger partial charge on any atom is 0.119 e. The van der Waals surface area contributed by atoms with E-state index in [9.17, 15) is 0 Å². The number of benzene rings is 1. The van der Waals surface area contributed by atoms with E-state index in [0.29, 0.717) is 5.92 Å². The van der Waals surface area contributed by atoms with Gasteiger partial charge in [-0.15, -0.1) is 12.3 Å². The lowest BCUT2D eigenvalue weighted by Gasteiger charge is -2.11. The highest BCUT2D eigenvalue weighted by atomic mass is 16.5. The Morgan fingerprint density at radius 1 is 1.38 bits per heavy atom. The molecule has 1 aromatic carbocycles. The highest BCUT2D eigenvalue weighted by Gasteiger charge is 2.01. The zero-order chi connectivity index (χ0) is 12.0. The van der Waals surface area contributed by atoms with E-state index in [4.69, 9.17) is 11.2 Å². The first-order valence-electron chi connectivity index (χ1n) is 5.79. The molecular weight excluding hydrogens is 196 g/mol. The predicted molar refractivity (Wildman–Crippen MR) is 68.7 cm³/mol. The van der Waals surface area contributed by atoms with Crippen molar-refractivity contribution in [2.45, 2.75) is 33.6 Å². The molecule has 1 rings (SSSR count). The molecule has 0 atom stereocenters. The summed E-state index contributed by atoms with van der Waals surface area (Å²) < 4.78 is 5.67. The van der Waals surface area contributed by atoms with E-state index in [0.717, 1.165) is 25.2 Å². The van der Waals surface area contributed by atoms with Gasteiger partial charge in [0.2, 0.25) is 0 Å². The summed E-state index contributed by atoms with van der Waals surface area (Å²) in [6.07, 6.45) is 7.01. The van der Waals surface area contributed by atoms with Gasteiger partial charge in [0.05, 0.1) is 6.61 Å². The highest BCUT2D eigenvalue weighted by molar-refractivity contribution is 5.35. The summed E-state index contributed by atoms with van der Waals surface area (Å²) in [6.45, 7) is 7.17. The molecule has 0 fully saturated rings. The Kier molecular flexibility index (Phi) is 4.92. The molecular formula is C15H20O. The Bertz CT molecular complexity index is 372. The summed E-state index contributed by atoms with van der Waals surface area (Å²) in [5.41, 5.74) is 2.58. The van der Waals surface area contributed by atoms with Gasteiger partial charge < -0.3 is 4.74 Å². The van der Waals surface area contributed by atoms with Crippen molar-refractivity contribution < 1.29 is 4.74 Å². The van der Waals surface area contributed by atoms with Crippen LogP contribution < -0.4 is 4.74 Å². The number of ether oxygens (including phenoxy) is 1. The first-order valence-corrected chi connectivity index (χ1v) is 5.79. The van der Waals surface area contributed by atoms with Gasteiger partial charge in [-0.3, -0.25) is 0 Å². The molecule has 0 saturated heterocycles. The Morgan fingerprint density at radius 2 is 2.12 bits per heavy atom. The molecule has 86 valence electrons. The van der Waals surface area contributed by atoms with Gasteiger partial charge in [0.1, 0.15) is 5.75 Å². The summed E-state index contributed by atoms with van der Waals surface area (Å²) in [7, 11) is 0. The fourth-order valence-electron chi connectivity index (χ4n) is 1.51. The zero-order valence-corrected chi connectivity index (χ0v) is 10.4. The number of aryl methyl sites for hydroxylation is 2. The maximum absolute atomic E-state index is 5.67. The smallest absolute Gasteiger partial charge is 0.119 e. The van der Waals surface area contributed by atoms with E-state index in [-0.39, 0.29) is 0 Å². The Morgan fingerprint density at radius 3 is 2.69 bits per heavy atom. The normalized spacial score (nSPS) is 10.2. The second kappa shape index (κ2) is 6.23. The third kappa shape index (κ3) is 3.98. The number of hydrogen-bond acceptors (Lipinski definition) is 1. The molecule has 0 aliphatic rings. The Hall–Kier alpha value is -1.42. The molecule has 0 aromatic heterocycles. The van der Waals surface area contributed by atoms with Crippen molar-refractivity contribution in [3.05, 3.63) is 29.3 Å². The van der Waals surface area contributed by atoms with Gasteiger partial charge in [-0.05, 0) is 42.5 Å². The minimum atomic E-state index is 0.557. The Balaban J connectivity index is 2.64. The summed E-state index contributed by atoms with van der Waals surface area (Å²) >= 11 is 0. The molecule has 0 heterocycles. The average molecular weight is 216 g/mol. The van der Waals surface area contributed by atoms with Crippen LogP contribution in [-0.2, 0) is 6.42 Å². The fraction of sp³-hybridized carbons (Fsp3) is 0.467. The molecule has 0 saturated carbocycles. The van der Waals surface area contributed by atoms with E-state index in [1.807, 2.05) is 6.07 Å². The van der Waals surface area contributed by atoms with Gasteiger partial charge in [-0.2, -0.15) is 0 Å². The van der Waals surface area contributed by atoms with Crippen LogP contribution in [0.15, 0.2) is 18.2 Å². The van der Waals surface area contributed by atoms with Crippen molar-refractivity contribution in [1.82, 2.24) is 0 Å². The van der Waals surface area contributed by atoms with Crippen molar-refractivity contribution in [3.63, 3.8) is 0 Å². The molecule has 0 aliphatic heterocycles. The van der Waals surface area contributed by atoms with E-state index in [2.05, 4.69) is 38.8 Å². The second-order valence-electron chi connectivity index (χ2n) is 4.50. The van der Waals surface area contributed by atoms with Crippen LogP contribution in [0.4, 0.5) is 0 Å². The molecule has 1 heteroatoms. The molecule has 0 spiro atoms. The van der Waals surface area contributed by atoms with Gasteiger partial charge in [-0.25, -0.2) is 0 Å². The largest absolute Gasteiger partial charge is 0.493 e. The monoisotopic (exact) mass is 216 g/mol. The van der Waals surface area contributed by atoms with Gasteiger partial charge in [0.15, 0.2) is 0 Å². The number of rotatable bonds is 5. The number of terminal acetylenes is 1. The van der Waals surface area contributed by atoms with Crippen molar-refractivity contribution in [3.8, 4) is 18.1 Å². The quantitative estimate of drug-likeness (QED) is 0.683. The molecule has 0 radical (unpaired) electrons. The van der Waals surface area contributed by atoms with Crippen molar-refractivity contribution in [2.24, 2.45) is 5.92 Å². The Labute approximate surface area is 98.8 Å². The third-order valence-electron chi connectivity index (χ3n) is 2.44. The summed E-state index contributed by atoms with van der Waals surface area (Å²) in [4.78, 5) is 0. The second-order valence-corrected chi connectivity index (χ2v) is 4.50. The fourth-order valence-corrected chi connectivity index (χ4v) is 1.51. The molecule has 0 amide bonds. The third-order valence-corrected chi connectivity index (χ3v) is 2.44. The molecule has 0 bridgehead atoms. The van der Waals surface area contributed by atoms with Crippen LogP contribution in [0.2, 0.25) is 0 Å². The van der Waals surface area contributed by atoms with Gasteiger partial charge in [0, 0.05) is 6.42 Å². The zero-order valence-electron chi connectivity index (χ0n) is 10.4.